The molecule has 0 heterocycles. The highest BCUT2D eigenvalue weighted by atomic mass is 16.2. The Labute approximate surface area is 76.8 Å². The van der Waals surface area contributed by atoms with Gasteiger partial charge in [0, 0.05) is 7.43 Å². The lowest BCUT2D eigenvalue weighted by molar-refractivity contribution is 0.341. The lowest BCUT2D eigenvalue weighted by Gasteiger charge is -1.96. The Kier molecular flexibility index (Phi) is 9.95. The number of hydrogen-bond acceptors (Lipinski definition) is 1. The van der Waals surface area contributed by atoms with Crippen molar-refractivity contribution < 1.29 is 5.11 Å². The molecular formula is C11H18O. The first-order valence-electron chi connectivity index (χ1n) is 4.06. The molecule has 0 saturated carbocycles. The number of aliphatic hydroxyl groups excluding tert-OH is 1. The molecule has 12 heavy (non-hydrogen) atoms. The second-order valence-corrected chi connectivity index (χ2v) is 3.05. The summed E-state index contributed by atoms with van der Waals surface area (Å²) in [6, 6.07) is 0. The maximum Gasteiger partial charge on any atom is 0.0614 e. The van der Waals surface area contributed by atoms with E-state index in [-0.39, 0.29) is 14.0 Å². The van der Waals surface area contributed by atoms with Crippen LogP contribution in [0.15, 0.2) is 23.3 Å². The third-order valence-corrected chi connectivity index (χ3v) is 1.53. The van der Waals surface area contributed by atoms with E-state index >= 15 is 0 Å². The van der Waals surface area contributed by atoms with Crippen molar-refractivity contribution in [3.8, 4) is 0 Å². The van der Waals surface area contributed by atoms with Crippen molar-refractivity contribution in [2.45, 2.75) is 33.6 Å². The Morgan fingerprint density at radius 1 is 1.17 bits per heavy atom. The number of allylic oxidation sites excluding steroid dienone is 3. The third-order valence-electron chi connectivity index (χ3n) is 1.53. The highest BCUT2D eigenvalue weighted by Crippen LogP contribution is 2.05. The SMILES string of the molecule is CC(C)=CCC/C(C)=C/CO.[C]. The molecule has 0 aliphatic heterocycles. The van der Waals surface area contributed by atoms with Crippen LogP contribution in [0.25, 0.3) is 0 Å². The van der Waals surface area contributed by atoms with Gasteiger partial charge in [0.15, 0.2) is 0 Å². The van der Waals surface area contributed by atoms with Gasteiger partial charge in [0.2, 0.25) is 0 Å². The van der Waals surface area contributed by atoms with Crippen molar-refractivity contribution in [2.75, 3.05) is 6.61 Å². The number of aliphatic hydroxyl groups is 1. The minimum atomic E-state index is 0. The van der Waals surface area contributed by atoms with Gasteiger partial charge in [-0.15, -0.1) is 0 Å². The molecular weight excluding hydrogens is 148 g/mol. The van der Waals surface area contributed by atoms with Crippen LogP contribution in [0.2, 0.25) is 0 Å². The minimum Gasteiger partial charge on any atom is -0.392 e. The van der Waals surface area contributed by atoms with Crippen LogP contribution in [0.3, 0.4) is 0 Å². The fourth-order valence-corrected chi connectivity index (χ4v) is 0.846. The molecule has 0 unspecified atom stereocenters. The van der Waals surface area contributed by atoms with Crippen LogP contribution < -0.4 is 0 Å². The van der Waals surface area contributed by atoms with Gasteiger partial charge in [-0.3, -0.25) is 0 Å². The first-order valence-corrected chi connectivity index (χ1v) is 4.06. The highest BCUT2D eigenvalue weighted by molar-refractivity contribution is 5.01. The molecule has 0 aromatic heterocycles. The van der Waals surface area contributed by atoms with E-state index in [2.05, 4.69) is 26.8 Å². The Balaban J connectivity index is 0. The van der Waals surface area contributed by atoms with Crippen LogP contribution in [0, 0.1) is 7.43 Å². The molecule has 0 atom stereocenters. The van der Waals surface area contributed by atoms with Crippen molar-refractivity contribution in [3.05, 3.63) is 30.7 Å². The van der Waals surface area contributed by atoms with Gasteiger partial charge in [0.25, 0.3) is 0 Å². The average Bonchev–Trinajstić information content (AvgIpc) is 1.87. The van der Waals surface area contributed by atoms with Gasteiger partial charge in [-0.2, -0.15) is 0 Å². The zero-order chi connectivity index (χ0) is 8.69. The second-order valence-electron chi connectivity index (χ2n) is 3.05. The van der Waals surface area contributed by atoms with Crippen LogP contribution in [-0.4, -0.2) is 11.7 Å². The summed E-state index contributed by atoms with van der Waals surface area (Å²) < 4.78 is 0. The van der Waals surface area contributed by atoms with E-state index in [1.807, 2.05) is 6.08 Å². The zero-order valence-electron chi connectivity index (χ0n) is 8.22. The molecule has 0 aliphatic carbocycles. The molecule has 0 aliphatic rings. The standard InChI is InChI=1S/C10H18O.C/c1-9(2)5-4-6-10(3)7-8-11;/h5,7,11H,4,6,8H2,1-3H3;/b10-7+;. The van der Waals surface area contributed by atoms with E-state index in [1.54, 1.807) is 0 Å². The van der Waals surface area contributed by atoms with Crippen molar-refractivity contribution in [1.29, 1.82) is 0 Å². The summed E-state index contributed by atoms with van der Waals surface area (Å²) in [4.78, 5) is 0. The van der Waals surface area contributed by atoms with Crippen molar-refractivity contribution >= 4 is 0 Å². The minimum absolute atomic E-state index is 0. The lowest BCUT2D eigenvalue weighted by atomic mass is 10.1. The van der Waals surface area contributed by atoms with Crippen LogP contribution in [0.5, 0.6) is 0 Å². The molecule has 0 aromatic carbocycles. The van der Waals surface area contributed by atoms with Gasteiger partial charge in [0.1, 0.15) is 0 Å². The molecule has 0 bridgehead atoms. The molecule has 0 amide bonds. The Hall–Kier alpha value is -0.560. The Morgan fingerprint density at radius 3 is 2.17 bits per heavy atom. The summed E-state index contributed by atoms with van der Waals surface area (Å²) in [6.07, 6.45) is 6.23. The molecule has 0 saturated heterocycles. The van der Waals surface area contributed by atoms with Gasteiger partial charge in [-0.1, -0.05) is 23.3 Å². The van der Waals surface area contributed by atoms with Gasteiger partial charge < -0.3 is 5.11 Å². The van der Waals surface area contributed by atoms with E-state index in [9.17, 15) is 0 Å². The van der Waals surface area contributed by atoms with Crippen LogP contribution >= 0.6 is 0 Å². The van der Waals surface area contributed by atoms with E-state index in [1.165, 1.54) is 11.1 Å². The van der Waals surface area contributed by atoms with Crippen LogP contribution in [0.1, 0.15) is 33.6 Å². The van der Waals surface area contributed by atoms with Crippen molar-refractivity contribution in [1.82, 2.24) is 0 Å². The van der Waals surface area contributed by atoms with Gasteiger partial charge in [-0.05, 0) is 33.6 Å². The highest BCUT2D eigenvalue weighted by Gasteiger charge is 1.86. The molecule has 1 nitrogen and oxygen atoms in total. The van der Waals surface area contributed by atoms with E-state index in [4.69, 9.17) is 5.11 Å². The van der Waals surface area contributed by atoms with Crippen LogP contribution in [0.4, 0.5) is 0 Å². The predicted octanol–water partition coefficient (Wildman–Crippen LogP) is 2.75. The smallest absolute Gasteiger partial charge is 0.0614 e. The quantitative estimate of drug-likeness (QED) is 0.637. The molecule has 4 radical (unpaired) electrons. The lowest BCUT2D eigenvalue weighted by Crippen LogP contribution is -1.80. The first kappa shape index (κ1) is 14.0. The molecule has 1 N–H and O–H groups in total. The third kappa shape index (κ3) is 9.44. The number of rotatable bonds is 4. The molecule has 0 aromatic rings. The predicted molar refractivity (Wildman–Crippen MR) is 52.8 cm³/mol. The summed E-state index contributed by atoms with van der Waals surface area (Å²) in [5.74, 6) is 0. The van der Waals surface area contributed by atoms with Gasteiger partial charge in [0.05, 0.1) is 6.61 Å². The van der Waals surface area contributed by atoms with Crippen molar-refractivity contribution in [2.24, 2.45) is 0 Å². The monoisotopic (exact) mass is 166 g/mol. The van der Waals surface area contributed by atoms with Gasteiger partial charge >= 0.3 is 0 Å². The topological polar surface area (TPSA) is 20.2 Å². The maximum absolute atomic E-state index is 8.55. The zero-order valence-corrected chi connectivity index (χ0v) is 8.22. The van der Waals surface area contributed by atoms with E-state index in [0.717, 1.165) is 12.8 Å². The Morgan fingerprint density at radius 2 is 1.75 bits per heavy atom. The second kappa shape index (κ2) is 8.54. The first-order chi connectivity index (χ1) is 5.16. The summed E-state index contributed by atoms with van der Waals surface area (Å²) in [6.45, 7) is 6.42. The molecule has 68 valence electrons. The molecule has 0 rings (SSSR count). The number of hydrogen-bond donors (Lipinski definition) is 1. The van der Waals surface area contributed by atoms with Crippen LogP contribution in [-0.2, 0) is 0 Å². The molecule has 1 heteroatoms. The summed E-state index contributed by atoms with van der Waals surface area (Å²) in [5.41, 5.74) is 2.63. The largest absolute Gasteiger partial charge is 0.392 e. The summed E-state index contributed by atoms with van der Waals surface area (Å²) >= 11 is 0. The van der Waals surface area contributed by atoms with Crippen molar-refractivity contribution in [3.63, 3.8) is 0 Å². The normalized spacial score (nSPS) is 10.5. The molecule has 0 spiro atoms. The van der Waals surface area contributed by atoms with Gasteiger partial charge in [-0.25, -0.2) is 0 Å². The molecule has 0 fully saturated rings. The average molecular weight is 166 g/mol. The Bertz CT molecular complexity index is 150. The van der Waals surface area contributed by atoms with E-state index < -0.39 is 0 Å². The fourth-order valence-electron chi connectivity index (χ4n) is 0.846. The summed E-state index contributed by atoms with van der Waals surface area (Å²) in [5, 5.41) is 8.55. The maximum atomic E-state index is 8.55. The fraction of sp³-hybridized carbons (Fsp3) is 0.545. The summed E-state index contributed by atoms with van der Waals surface area (Å²) in [7, 11) is 0. The van der Waals surface area contributed by atoms with E-state index in [0.29, 0.717) is 0 Å².